The molecule has 0 fully saturated rings. The molecule has 0 saturated carbocycles. The van der Waals surface area contributed by atoms with Gasteiger partial charge in [-0.25, -0.2) is 0 Å². The topological polar surface area (TPSA) is 207 Å². The summed E-state index contributed by atoms with van der Waals surface area (Å²) >= 11 is 0. The number of terminal acetylenes is 2. The number of hydrogen-bond acceptors (Lipinski definition) is 9. The summed E-state index contributed by atoms with van der Waals surface area (Å²) in [6, 6.07) is 5.90. The number of rotatable bonds is 19. The molecule has 14 nitrogen and oxygen atoms in total. The smallest absolute Gasteiger partial charge is 0.265 e. The highest BCUT2D eigenvalue weighted by molar-refractivity contribution is 7.86. The second kappa shape index (κ2) is 20.0. The number of amides is 2. The Kier molecular flexibility index (Phi) is 16.5. The summed E-state index contributed by atoms with van der Waals surface area (Å²) in [5.41, 5.74) is 3.57. The van der Waals surface area contributed by atoms with E-state index in [2.05, 4.69) is 22.5 Å². The number of nitrogens with zero attached hydrogens (tertiary/aromatic N) is 2. The summed E-state index contributed by atoms with van der Waals surface area (Å²) in [7, 11) is -8.60. The quantitative estimate of drug-likeness (QED) is 0.0408. The van der Waals surface area contributed by atoms with Gasteiger partial charge in [-0.2, -0.15) is 21.4 Å². The normalized spacial score (nSPS) is 12.3. The Morgan fingerprint density at radius 1 is 0.868 bits per heavy atom. The van der Waals surface area contributed by atoms with E-state index in [0.29, 0.717) is 46.5 Å². The van der Waals surface area contributed by atoms with Crippen LogP contribution in [0.1, 0.15) is 79.2 Å². The molecule has 4 N–H and O–H groups in total. The van der Waals surface area contributed by atoms with Crippen molar-refractivity contribution in [2.45, 2.75) is 40.5 Å². The third-order valence-electron chi connectivity index (χ3n) is 7.97. The molecule has 2 rings (SSSR count). The van der Waals surface area contributed by atoms with E-state index < -0.39 is 43.6 Å². The Morgan fingerprint density at radius 3 is 2.04 bits per heavy atom. The second-order valence-electron chi connectivity index (χ2n) is 11.8. The van der Waals surface area contributed by atoms with Gasteiger partial charge in [-0.15, -0.1) is 12.8 Å². The zero-order valence-corrected chi connectivity index (χ0v) is 31.5. The molecule has 0 saturated heterocycles. The fraction of sp³-hybridized carbons (Fsp3) is 0.324. The van der Waals surface area contributed by atoms with E-state index in [1.54, 1.807) is 61.5 Å². The van der Waals surface area contributed by atoms with E-state index >= 15 is 0 Å². The molecule has 2 amide bonds. The van der Waals surface area contributed by atoms with Gasteiger partial charge < -0.3 is 15.5 Å². The minimum Gasteiger partial charge on any atom is -0.345 e. The summed E-state index contributed by atoms with van der Waals surface area (Å²) in [6.45, 7) is 6.69. The molecule has 0 aromatic heterocycles. The molecule has 0 radical (unpaired) electrons. The average molecular weight is 768 g/mol. The number of carbonyl (C=O) groups is 4. The van der Waals surface area contributed by atoms with Crippen LogP contribution in [0, 0.1) is 38.5 Å². The van der Waals surface area contributed by atoms with Crippen molar-refractivity contribution in [3.63, 3.8) is 0 Å². The summed E-state index contributed by atoms with van der Waals surface area (Å²) < 4.78 is 66.6. The van der Waals surface area contributed by atoms with Crippen LogP contribution in [0.25, 0.3) is 0 Å². The molecule has 2 aromatic rings. The highest BCUT2D eigenvalue weighted by Gasteiger charge is 2.25. The van der Waals surface area contributed by atoms with Gasteiger partial charge >= 0.3 is 0 Å². The van der Waals surface area contributed by atoms with Crippen molar-refractivity contribution in [1.29, 1.82) is 0 Å². The molecule has 2 aromatic carbocycles. The van der Waals surface area contributed by atoms with E-state index in [1.807, 2.05) is 0 Å². The van der Waals surface area contributed by atoms with Gasteiger partial charge in [-0.05, 0) is 57.0 Å². The number of anilines is 1. The third kappa shape index (κ3) is 13.6. The van der Waals surface area contributed by atoms with Crippen molar-refractivity contribution in [2.24, 2.45) is 0 Å². The van der Waals surface area contributed by atoms with E-state index in [9.17, 15) is 45.1 Å². The van der Waals surface area contributed by atoms with Gasteiger partial charge in [-0.1, -0.05) is 17.9 Å². The van der Waals surface area contributed by atoms with E-state index in [0.717, 1.165) is 0 Å². The molecule has 0 bridgehead atoms. The van der Waals surface area contributed by atoms with Crippen LogP contribution in [0.5, 0.6) is 0 Å². The Morgan fingerprint density at radius 2 is 1.47 bits per heavy atom. The first-order valence-electron chi connectivity index (χ1n) is 16.1. The van der Waals surface area contributed by atoms with Crippen LogP contribution in [0.2, 0.25) is 0 Å². The molecule has 0 unspecified atom stereocenters. The van der Waals surface area contributed by atoms with Crippen LogP contribution in [0.4, 0.5) is 11.4 Å². The SMILES string of the molecule is C#CCNC(=O)c1cc(C(=O)NCC#C)c(C)c(/[N+](CCCS(=O)(=O)O)=C(C)/C=C/C=C(\C)N(CCCS(=O)(=O)O)c2cc(C=O)cc(C=O)c2C)c1. The summed E-state index contributed by atoms with van der Waals surface area (Å²) in [4.78, 5) is 51.4. The van der Waals surface area contributed by atoms with Crippen molar-refractivity contribution < 1.29 is 49.7 Å². The van der Waals surface area contributed by atoms with Crippen molar-refractivity contribution in [3.05, 3.63) is 81.6 Å². The zero-order valence-electron chi connectivity index (χ0n) is 29.9. The average Bonchev–Trinajstić information content (AvgIpc) is 3.09. The van der Waals surface area contributed by atoms with Gasteiger partial charge in [0.05, 0.1) is 24.6 Å². The molecule has 0 aliphatic heterocycles. The Hall–Kier alpha value is -5.39. The number of allylic oxidation sites excluding steroid dienone is 4. The first-order chi connectivity index (χ1) is 24.9. The lowest BCUT2D eigenvalue weighted by molar-refractivity contribution is -0.440. The van der Waals surface area contributed by atoms with Crippen LogP contribution >= 0.6 is 0 Å². The fourth-order valence-electron chi connectivity index (χ4n) is 5.31. The maximum Gasteiger partial charge on any atom is 0.265 e. The summed E-state index contributed by atoms with van der Waals surface area (Å²) in [5.74, 6) is 2.40. The molecule has 0 heterocycles. The van der Waals surface area contributed by atoms with Gasteiger partial charge in [0.1, 0.15) is 19.1 Å². The molecule has 282 valence electrons. The molecule has 0 aliphatic carbocycles. The van der Waals surface area contributed by atoms with Crippen molar-refractivity contribution in [3.8, 4) is 24.7 Å². The van der Waals surface area contributed by atoms with Gasteiger partial charge in [-0.3, -0.25) is 28.3 Å². The number of aldehydes is 2. The van der Waals surface area contributed by atoms with Gasteiger partial charge in [0.2, 0.25) is 5.69 Å². The zero-order chi connectivity index (χ0) is 39.9. The molecule has 0 atom stereocenters. The van der Waals surface area contributed by atoms with Crippen molar-refractivity contribution in [2.75, 3.05) is 42.6 Å². The number of benzene rings is 2. The Balaban J connectivity index is 2.79. The highest BCUT2D eigenvalue weighted by atomic mass is 32.2. The molecule has 0 spiro atoms. The predicted octanol–water partition coefficient (Wildman–Crippen LogP) is 3.28. The van der Waals surface area contributed by atoms with Gasteiger partial charge in [0.25, 0.3) is 32.1 Å². The molecular formula is C37H43N4O10S2+. The van der Waals surface area contributed by atoms with Crippen LogP contribution in [0.15, 0.2) is 48.2 Å². The lowest BCUT2D eigenvalue weighted by atomic mass is 10.00. The predicted molar refractivity (Wildman–Crippen MR) is 203 cm³/mol. The second-order valence-corrected chi connectivity index (χ2v) is 15.0. The van der Waals surface area contributed by atoms with Crippen molar-refractivity contribution >= 4 is 61.7 Å². The van der Waals surface area contributed by atoms with Gasteiger partial charge in [0.15, 0.2) is 5.71 Å². The van der Waals surface area contributed by atoms with Crippen LogP contribution in [-0.4, -0.2) is 98.3 Å². The first kappa shape index (κ1) is 43.8. The van der Waals surface area contributed by atoms with Crippen molar-refractivity contribution in [1.82, 2.24) is 10.6 Å². The molecular weight excluding hydrogens is 725 g/mol. The standard InChI is InChI=1S/C37H42N4O10S2/c1-7-14-38-36(44)31-22-33(37(45)39-15-8-2)29(6)35(23-31)41(17-11-19-53(49,50)51)27(4)13-9-12-26(3)40(16-10-18-52(46,47)48)34-21-30(24-42)20-32(25-43)28(34)5/h1-2,9,12-13,20-25H,10-11,14-19H2,3-6H3,(H3-,38,39,44,45,46,47,48,49,50,51)/p+1. The molecule has 16 heteroatoms. The lowest BCUT2D eigenvalue weighted by Crippen LogP contribution is -2.28. The largest absolute Gasteiger partial charge is 0.345 e. The molecule has 53 heavy (non-hydrogen) atoms. The fourth-order valence-corrected chi connectivity index (χ4v) is 6.30. The van der Waals surface area contributed by atoms with Crippen LogP contribution < -0.4 is 15.5 Å². The lowest BCUT2D eigenvalue weighted by Gasteiger charge is -2.28. The van der Waals surface area contributed by atoms with E-state index in [4.69, 9.17) is 12.8 Å². The number of nitrogens with one attached hydrogen (secondary N) is 2. The van der Waals surface area contributed by atoms with Crippen LogP contribution in [0.3, 0.4) is 0 Å². The first-order valence-corrected chi connectivity index (χ1v) is 19.4. The van der Waals surface area contributed by atoms with E-state index in [1.165, 1.54) is 18.2 Å². The maximum atomic E-state index is 13.1. The van der Waals surface area contributed by atoms with Gasteiger partial charge in [0, 0.05) is 71.2 Å². The summed E-state index contributed by atoms with van der Waals surface area (Å²) in [6.07, 6.45) is 16.8. The number of carbonyl (C=O) groups excluding carboxylic acids is 4. The minimum atomic E-state index is -4.33. The third-order valence-corrected chi connectivity index (χ3v) is 9.58. The number of hydrogen-bond donors (Lipinski definition) is 4. The van der Waals surface area contributed by atoms with E-state index in [-0.39, 0.29) is 61.3 Å². The molecule has 0 aliphatic rings. The Bertz CT molecular complexity index is 2140. The monoisotopic (exact) mass is 767 g/mol. The Labute approximate surface area is 310 Å². The highest BCUT2D eigenvalue weighted by Crippen LogP contribution is 2.29. The minimum absolute atomic E-state index is 0.00337. The summed E-state index contributed by atoms with van der Waals surface area (Å²) in [5, 5.41) is 5.14. The van der Waals surface area contributed by atoms with Crippen LogP contribution in [-0.2, 0) is 20.2 Å². The maximum absolute atomic E-state index is 13.1.